The molecule has 3 nitrogen and oxygen atoms in total. The number of aryl methyl sites for hydroxylation is 1. The van der Waals surface area contributed by atoms with Crippen molar-refractivity contribution < 1.29 is 8.95 Å². The van der Waals surface area contributed by atoms with E-state index in [1.54, 1.807) is 0 Å². The molecule has 1 aromatic carbocycles. The molecule has 0 aliphatic carbocycles. The first-order chi connectivity index (χ1) is 9.20. The van der Waals surface area contributed by atoms with Gasteiger partial charge >= 0.3 is 0 Å². The van der Waals surface area contributed by atoms with E-state index in [4.69, 9.17) is 4.74 Å². The number of hydrogen-bond acceptors (Lipinski definition) is 3. The van der Waals surface area contributed by atoms with E-state index in [1.807, 2.05) is 7.05 Å². The van der Waals surface area contributed by atoms with Crippen LogP contribution in [0.2, 0.25) is 0 Å². The van der Waals surface area contributed by atoms with E-state index in [1.165, 1.54) is 11.1 Å². The van der Waals surface area contributed by atoms with Crippen LogP contribution in [-0.2, 0) is 15.5 Å². The number of benzene rings is 1. The van der Waals surface area contributed by atoms with Crippen LogP contribution in [0.25, 0.3) is 0 Å². The number of hydrogen-bond donors (Lipinski definition) is 1. The molecule has 1 aliphatic heterocycles. The molecular weight excluding hydrogens is 258 g/mol. The van der Waals surface area contributed by atoms with Crippen molar-refractivity contribution in [3.63, 3.8) is 0 Å². The Balaban J connectivity index is 1.98. The summed E-state index contributed by atoms with van der Waals surface area (Å²) in [5.41, 5.74) is 2.47. The molecule has 0 saturated carbocycles. The predicted molar refractivity (Wildman–Crippen MR) is 79.8 cm³/mol. The molecule has 0 bridgehead atoms. The van der Waals surface area contributed by atoms with E-state index in [2.05, 4.69) is 36.5 Å². The van der Waals surface area contributed by atoms with Crippen LogP contribution in [0, 0.1) is 6.92 Å². The average Bonchev–Trinajstić information content (AvgIpc) is 2.46. The number of rotatable bonds is 5. The molecule has 2 unspecified atom stereocenters. The molecule has 19 heavy (non-hydrogen) atoms. The summed E-state index contributed by atoms with van der Waals surface area (Å²) in [6, 6.07) is 8.63. The van der Waals surface area contributed by atoms with Gasteiger partial charge in [0.1, 0.15) is 0 Å². The molecule has 1 saturated heterocycles. The topological polar surface area (TPSA) is 38.3 Å². The van der Waals surface area contributed by atoms with Crippen LogP contribution in [0.3, 0.4) is 0 Å². The van der Waals surface area contributed by atoms with Crippen molar-refractivity contribution in [2.24, 2.45) is 0 Å². The second kappa shape index (κ2) is 7.17. The fourth-order valence-electron chi connectivity index (χ4n) is 2.38. The van der Waals surface area contributed by atoms with Gasteiger partial charge in [0.25, 0.3) is 0 Å². The lowest BCUT2D eigenvalue weighted by atomic mass is 10.1. The van der Waals surface area contributed by atoms with Gasteiger partial charge < -0.3 is 10.1 Å². The molecule has 106 valence electrons. The Hall–Kier alpha value is -0.710. The number of ether oxygens (including phenoxy) is 1. The average molecular weight is 281 g/mol. The maximum Gasteiger partial charge on any atom is 0.0477 e. The Morgan fingerprint density at radius 3 is 2.53 bits per heavy atom. The monoisotopic (exact) mass is 281 g/mol. The van der Waals surface area contributed by atoms with Crippen molar-refractivity contribution in [3.05, 3.63) is 35.4 Å². The lowest BCUT2D eigenvalue weighted by Gasteiger charge is -2.24. The zero-order valence-corrected chi connectivity index (χ0v) is 12.5. The zero-order chi connectivity index (χ0) is 13.7. The molecule has 1 aromatic rings. The smallest absolute Gasteiger partial charge is 0.0477 e. The van der Waals surface area contributed by atoms with Crippen molar-refractivity contribution in [2.45, 2.75) is 31.1 Å². The Kier molecular flexibility index (Phi) is 5.55. The van der Waals surface area contributed by atoms with E-state index < -0.39 is 10.8 Å². The van der Waals surface area contributed by atoms with Gasteiger partial charge in [0, 0.05) is 41.1 Å². The van der Waals surface area contributed by atoms with Gasteiger partial charge in [-0.15, -0.1) is 0 Å². The van der Waals surface area contributed by atoms with Crippen LogP contribution in [0.15, 0.2) is 24.3 Å². The molecule has 0 amide bonds. The van der Waals surface area contributed by atoms with Crippen molar-refractivity contribution in [1.29, 1.82) is 0 Å². The van der Waals surface area contributed by atoms with Gasteiger partial charge in [-0.25, -0.2) is 0 Å². The summed E-state index contributed by atoms with van der Waals surface area (Å²) >= 11 is 0. The third-order valence-corrected chi connectivity index (χ3v) is 5.58. The maximum atomic E-state index is 12.4. The Morgan fingerprint density at radius 2 is 1.95 bits per heavy atom. The van der Waals surface area contributed by atoms with Crippen LogP contribution in [0.5, 0.6) is 0 Å². The Bertz CT molecular complexity index is 413. The van der Waals surface area contributed by atoms with Crippen LogP contribution in [0.1, 0.15) is 30.0 Å². The molecule has 0 spiro atoms. The lowest BCUT2D eigenvalue weighted by Crippen LogP contribution is -2.31. The highest BCUT2D eigenvalue weighted by molar-refractivity contribution is 7.85. The van der Waals surface area contributed by atoms with E-state index in [0.29, 0.717) is 11.0 Å². The summed E-state index contributed by atoms with van der Waals surface area (Å²) in [6.07, 6.45) is 1.86. The fraction of sp³-hybridized carbons (Fsp3) is 0.600. The lowest BCUT2D eigenvalue weighted by molar-refractivity contribution is 0.0992. The molecule has 1 aliphatic rings. The molecule has 1 heterocycles. The zero-order valence-electron chi connectivity index (χ0n) is 11.7. The first-order valence-electron chi connectivity index (χ1n) is 6.89. The molecule has 2 rings (SSSR count). The minimum atomic E-state index is -0.785. The van der Waals surface area contributed by atoms with E-state index in [9.17, 15) is 4.21 Å². The normalized spacial score (nSPS) is 20.1. The highest BCUT2D eigenvalue weighted by Gasteiger charge is 2.23. The first kappa shape index (κ1) is 14.7. The first-order valence-corrected chi connectivity index (χ1v) is 8.27. The minimum Gasteiger partial charge on any atom is -0.381 e. The van der Waals surface area contributed by atoms with Gasteiger partial charge in [-0.1, -0.05) is 29.8 Å². The molecular formula is C15H23NO2S. The van der Waals surface area contributed by atoms with Gasteiger partial charge in [0.05, 0.1) is 0 Å². The fourth-order valence-corrected chi connectivity index (χ4v) is 4.06. The second-order valence-electron chi connectivity index (χ2n) is 5.11. The molecule has 1 fully saturated rings. The van der Waals surface area contributed by atoms with Crippen molar-refractivity contribution in [2.75, 3.05) is 26.0 Å². The summed E-state index contributed by atoms with van der Waals surface area (Å²) in [4.78, 5) is 0. The molecule has 0 radical (unpaired) electrons. The summed E-state index contributed by atoms with van der Waals surface area (Å²) in [5.74, 6) is 0.685. The number of nitrogens with one attached hydrogen (secondary N) is 1. The van der Waals surface area contributed by atoms with Crippen LogP contribution >= 0.6 is 0 Å². The molecule has 0 aromatic heterocycles. The van der Waals surface area contributed by atoms with Crippen molar-refractivity contribution in [1.82, 2.24) is 5.32 Å². The van der Waals surface area contributed by atoms with E-state index in [-0.39, 0.29) is 6.04 Å². The second-order valence-corrected chi connectivity index (χ2v) is 6.87. The van der Waals surface area contributed by atoms with Gasteiger partial charge in [-0.05, 0) is 32.4 Å². The van der Waals surface area contributed by atoms with Crippen LogP contribution in [-0.4, -0.2) is 35.5 Å². The van der Waals surface area contributed by atoms with Gasteiger partial charge in [0.2, 0.25) is 0 Å². The largest absolute Gasteiger partial charge is 0.381 e. The predicted octanol–water partition coefficient (Wildman–Crippen LogP) is 2.18. The van der Waals surface area contributed by atoms with Gasteiger partial charge in [-0.3, -0.25) is 4.21 Å². The van der Waals surface area contributed by atoms with E-state index >= 15 is 0 Å². The summed E-state index contributed by atoms with van der Waals surface area (Å²) in [5, 5.41) is 3.58. The van der Waals surface area contributed by atoms with Crippen LogP contribution < -0.4 is 5.32 Å². The molecule has 2 atom stereocenters. The van der Waals surface area contributed by atoms with E-state index in [0.717, 1.165) is 26.1 Å². The maximum absolute atomic E-state index is 12.4. The molecule has 1 N–H and O–H groups in total. The quantitative estimate of drug-likeness (QED) is 0.899. The Morgan fingerprint density at radius 1 is 1.32 bits per heavy atom. The minimum absolute atomic E-state index is 0.171. The summed E-state index contributed by atoms with van der Waals surface area (Å²) in [7, 11) is 1.15. The van der Waals surface area contributed by atoms with Crippen molar-refractivity contribution >= 4 is 10.8 Å². The van der Waals surface area contributed by atoms with Crippen LogP contribution in [0.4, 0.5) is 0 Å². The third-order valence-electron chi connectivity index (χ3n) is 3.70. The van der Waals surface area contributed by atoms with Gasteiger partial charge in [-0.2, -0.15) is 0 Å². The standard InChI is InChI=1S/C15H23NO2S/c1-12-3-5-13(6-4-12)15(16-2)11-19(17)14-7-9-18-10-8-14/h3-6,14-16H,7-11H2,1-2H3. The summed E-state index contributed by atoms with van der Waals surface area (Å²) in [6.45, 7) is 3.59. The summed E-state index contributed by atoms with van der Waals surface area (Å²) < 4.78 is 17.8. The Labute approximate surface area is 118 Å². The SMILES string of the molecule is CNC(CS(=O)C1CCOCC1)c1ccc(C)cc1. The molecule has 4 heteroatoms. The van der Waals surface area contributed by atoms with Gasteiger partial charge in [0.15, 0.2) is 0 Å². The third kappa shape index (κ3) is 4.13. The highest BCUT2D eigenvalue weighted by Crippen LogP contribution is 2.20. The highest BCUT2D eigenvalue weighted by atomic mass is 32.2. The van der Waals surface area contributed by atoms with Crippen molar-refractivity contribution in [3.8, 4) is 0 Å².